The molecule has 3 N–H and O–H groups in total. The summed E-state index contributed by atoms with van der Waals surface area (Å²) in [7, 11) is 0. The number of anilines is 1. The molecule has 6 heteroatoms. The maximum Gasteiger partial charge on any atom is 0.255 e. The Morgan fingerprint density at radius 3 is 2.50 bits per heavy atom. The van der Waals surface area contributed by atoms with Gasteiger partial charge in [-0.1, -0.05) is 35.9 Å². The standard InChI is InChI=1S/C20H20ClN3OS/c1-11-5-4-6-16(12(11)2)23-19(25)17-13(3)22-20(26)24-18(17)14-7-9-15(21)10-8-14/h4-10,18H,1-3H3,(H,23,25)(H2,22,24,26)/t18-/m0/s1. The first-order valence-corrected chi connectivity index (χ1v) is 9.06. The van der Waals surface area contributed by atoms with Crippen LogP contribution in [0.3, 0.4) is 0 Å². The number of carbonyl (C=O) groups excluding carboxylic acids is 1. The molecular weight excluding hydrogens is 366 g/mol. The number of hydrogen-bond donors (Lipinski definition) is 3. The molecule has 0 aliphatic carbocycles. The molecule has 1 aliphatic rings. The van der Waals surface area contributed by atoms with Crippen LogP contribution in [-0.2, 0) is 4.79 Å². The van der Waals surface area contributed by atoms with Crippen LogP contribution in [0.2, 0.25) is 5.02 Å². The molecule has 0 saturated heterocycles. The quantitative estimate of drug-likeness (QED) is 0.686. The van der Waals surface area contributed by atoms with Crippen LogP contribution in [0.15, 0.2) is 53.7 Å². The van der Waals surface area contributed by atoms with E-state index in [1.54, 1.807) is 12.1 Å². The smallest absolute Gasteiger partial charge is 0.255 e. The van der Waals surface area contributed by atoms with E-state index in [1.807, 2.05) is 51.1 Å². The summed E-state index contributed by atoms with van der Waals surface area (Å²) in [5.74, 6) is -0.168. The van der Waals surface area contributed by atoms with Gasteiger partial charge in [0.25, 0.3) is 5.91 Å². The molecule has 1 amide bonds. The van der Waals surface area contributed by atoms with Crippen LogP contribution in [0.25, 0.3) is 0 Å². The lowest BCUT2D eigenvalue weighted by molar-refractivity contribution is -0.113. The Bertz CT molecular complexity index is 906. The first kappa shape index (κ1) is 18.4. The van der Waals surface area contributed by atoms with E-state index in [4.69, 9.17) is 23.8 Å². The lowest BCUT2D eigenvalue weighted by Crippen LogP contribution is -2.45. The number of amides is 1. The molecule has 3 rings (SSSR count). The number of thiocarbonyl (C=S) groups is 1. The molecule has 0 spiro atoms. The first-order chi connectivity index (χ1) is 12.4. The summed E-state index contributed by atoms with van der Waals surface area (Å²) in [5.41, 5.74) is 5.23. The van der Waals surface area contributed by atoms with Crippen LogP contribution in [0.1, 0.15) is 29.7 Å². The fourth-order valence-electron chi connectivity index (χ4n) is 2.98. The van der Waals surface area contributed by atoms with E-state index in [-0.39, 0.29) is 11.9 Å². The molecular formula is C20H20ClN3OS. The Balaban J connectivity index is 1.96. The number of hydrogen-bond acceptors (Lipinski definition) is 2. The van der Waals surface area contributed by atoms with Crippen molar-refractivity contribution < 1.29 is 4.79 Å². The third kappa shape index (κ3) is 3.74. The number of aryl methyl sites for hydroxylation is 1. The number of halogens is 1. The summed E-state index contributed by atoms with van der Waals surface area (Å²) < 4.78 is 0. The Labute approximate surface area is 163 Å². The van der Waals surface area contributed by atoms with E-state index in [9.17, 15) is 4.79 Å². The number of rotatable bonds is 3. The predicted octanol–water partition coefficient (Wildman–Crippen LogP) is 4.39. The van der Waals surface area contributed by atoms with Crippen molar-refractivity contribution in [2.45, 2.75) is 26.8 Å². The highest BCUT2D eigenvalue weighted by molar-refractivity contribution is 7.80. The maximum absolute atomic E-state index is 13.1. The van der Waals surface area contributed by atoms with E-state index < -0.39 is 0 Å². The molecule has 0 saturated carbocycles. The van der Waals surface area contributed by atoms with E-state index in [1.165, 1.54) is 0 Å². The third-order valence-electron chi connectivity index (χ3n) is 4.57. The summed E-state index contributed by atoms with van der Waals surface area (Å²) in [6.07, 6.45) is 0. The van der Waals surface area contributed by atoms with Gasteiger partial charge in [0.15, 0.2) is 5.11 Å². The van der Waals surface area contributed by atoms with Crippen LogP contribution < -0.4 is 16.0 Å². The second kappa shape index (κ2) is 7.48. The summed E-state index contributed by atoms with van der Waals surface area (Å²) in [6, 6.07) is 12.9. The zero-order valence-corrected chi connectivity index (χ0v) is 16.4. The van der Waals surface area contributed by atoms with Crippen molar-refractivity contribution in [3.05, 3.63) is 75.4 Å². The van der Waals surface area contributed by atoms with Crippen molar-refractivity contribution in [1.82, 2.24) is 10.6 Å². The Morgan fingerprint density at radius 1 is 1.12 bits per heavy atom. The lowest BCUT2D eigenvalue weighted by atomic mass is 9.94. The molecule has 1 atom stereocenters. The number of nitrogens with one attached hydrogen (secondary N) is 3. The molecule has 0 unspecified atom stereocenters. The Morgan fingerprint density at radius 2 is 1.81 bits per heavy atom. The van der Waals surface area contributed by atoms with Crippen molar-refractivity contribution >= 4 is 40.5 Å². The van der Waals surface area contributed by atoms with Crippen molar-refractivity contribution in [3.63, 3.8) is 0 Å². The monoisotopic (exact) mass is 385 g/mol. The van der Waals surface area contributed by atoms with Gasteiger partial charge < -0.3 is 16.0 Å². The number of allylic oxidation sites excluding steroid dienone is 1. The molecule has 1 aliphatic heterocycles. The Kier molecular flexibility index (Phi) is 5.30. The molecule has 0 bridgehead atoms. The number of carbonyl (C=O) groups is 1. The number of benzene rings is 2. The SMILES string of the molecule is CC1=C(C(=O)Nc2cccc(C)c2C)[C@H](c2ccc(Cl)cc2)NC(=S)N1. The first-order valence-electron chi connectivity index (χ1n) is 8.28. The van der Waals surface area contributed by atoms with Gasteiger partial charge in [-0.25, -0.2) is 0 Å². The minimum atomic E-state index is -0.342. The molecule has 0 fully saturated rings. The van der Waals surface area contributed by atoms with Crippen molar-refractivity contribution in [1.29, 1.82) is 0 Å². The second-order valence-corrected chi connectivity index (χ2v) is 7.17. The highest BCUT2D eigenvalue weighted by Crippen LogP contribution is 2.29. The fourth-order valence-corrected chi connectivity index (χ4v) is 3.37. The third-order valence-corrected chi connectivity index (χ3v) is 5.04. The van der Waals surface area contributed by atoms with Crippen LogP contribution in [0.5, 0.6) is 0 Å². The summed E-state index contributed by atoms with van der Waals surface area (Å²) in [5, 5.41) is 10.4. The van der Waals surface area contributed by atoms with Gasteiger partial charge in [0.1, 0.15) is 0 Å². The summed E-state index contributed by atoms with van der Waals surface area (Å²) >= 11 is 11.3. The van der Waals surface area contributed by atoms with Crippen LogP contribution in [0.4, 0.5) is 5.69 Å². The van der Waals surface area contributed by atoms with Gasteiger partial charge in [-0.15, -0.1) is 0 Å². The molecule has 2 aromatic carbocycles. The lowest BCUT2D eigenvalue weighted by Gasteiger charge is -2.30. The van der Waals surface area contributed by atoms with Crippen molar-refractivity contribution in [3.8, 4) is 0 Å². The van der Waals surface area contributed by atoms with Crippen molar-refractivity contribution in [2.24, 2.45) is 0 Å². The Hall–Kier alpha value is -2.37. The largest absolute Gasteiger partial charge is 0.351 e. The minimum absolute atomic E-state index is 0.168. The van der Waals surface area contributed by atoms with Gasteiger partial charge in [-0.3, -0.25) is 4.79 Å². The van der Waals surface area contributed by atoms with Gasteiger partial charge in [-0.2, -0.15) is 0 Å². The topological polar surface area (TPSA) is 53.2 Å². The van der Waals surface area contributed by atoms with E-state index in [0.717, 1.165) is 28.1 Å². The van der Waals surface area contributed by atoms with Gasteiger partial charge in [0, 0.05) is 16.4 Å². The molecule has 2 aromatic rings. The second-order valence-electron chi connectivity index (χ2n) is 6.32. The van der Waals surface area contributed by atoms with E-state index >= 15 is 0 Å². The predicted molar refractivity (Wildman–Crippen MR) is 110 cm³/mol. The minimum Gasteiger partial charge on any atom is -0.351 e. The zero-order valence-electron chi connectivity index (χ0n) is 14.8. The van der Waals surface area contributed by atoms with Gasteiger partial charge in [0.05, 0.1) is 11.6 Å². The molecule has 1 heterocycles. The zero-order chi connectivity index (χ0) is 18.8. The normalized spacial score (nSPS) is 16.8. The highest BCUT2D eigenvalue weighted by Gasteiger charge is 2.30. The fraction of sp³-hybridized carbons (Fsp3) is 0.200. The van der Waals surface area contributed by atoms with Crippen LogP contribution >= 0.6 is 23.8 Å². The van der Waals surface area contributed by atoms with Crippen LogP contribution in [0, 0.1) is 13.8 Å². The van der Waals surface area contributed by atoms with Crippen LogP contribution in [-0.4, -0.2) is 11.0 Å². The highest BCUT2D eigenvalue weighted by atomic mass is 35.5. The average Bonchev–Trinajstić information content (AvgIpc) is 2.59. The molecule has 0 radical (unpaired) electrons. The van der Waals surface area contributed by atoms with E-state index in [0.29, 0.717) is 15.7 Å². The van der Waals surface area contributed by atoms with Gasteiger partial charge in [0.2, 0.25) is 0 Å². The summed E-state index contributed by atoms with van der Waals surface area (Å²) in [4.78, 5) is 13.1. The average molecular weight is 386 g/mol. The molecule has 26 heavy (non-hydrogen) atoms. The maximum atomic E-state index is 13.1. The van der Waals surface area contributed by atoms with E-state index in [2.05, 4.69) is 16.0 Å². The molecule has 134 valence electrons. The van der Waals surface area contributed by atoms with Gasteiger partial charge >= 0.3 is 0 Å². The van der Waals surface area contributed by atoms with Crippen molar-refractivity contribution in [2.75, 3.05) is 5.32 Å². The molecule has 0 aromatic heterocycles. The molecule has 4 nitrogen and oxygen atoms in total. The van der Waals surface area contributed by atoms with Gasteiger partial charge in [-0.05, 0) is 67.9 Å². The summed E-state index contributed by atoms with van der Waals surface area (Å²) in [6.45, 7) is 5.87.